The molecule has 1 aliphatic heterocycles. The number of aromatic nitrogens is 1. The third-order valence-corrected chi connectivity index (χ3v) is 8.59. The summed E-state index contributed by atoms with van der Waals surface area (Å²) in [6, 6.07) is 17.9. The van der Waals surface area contributed by atoms with Crippen LogP contribution in [0.3, 0.4) is 0 Å². The Hall–Kier alpha value is -4.88. The molecule has 0 amide bonds. The lowest BCUT2D eigenvalue weighted by molar-refractivity contribution is -0.384. The van der Waals surface area contributed by atoms with Crippen molar-refractivity contribution >= 4 is 28.6 Å². The first-order valence-corrected chi connectivity index (χ1v) is 15.9. The molecule has 1 saturated heterocycles. The van der Waals surface area contributed by atoms with E-state index in [9.17, 15) is 33.2 Å². The lowest BCUT2D eigenvalue weighted by atomic mass is 9.91. The minimum absolute atomic E-state index is 0.0880. The maximum atomic E-state index is 15.0. The van der Waals surface area contributed by atoms with E-state index in [1.807, 2.05) is 18.2 Å². The molecule has 2 unspecified atom stereocenters. The molecule has 5 rings (SSSR count). The molecule has 49 heavy (non-hydrogen) atoms. The number of non-ortho nitro benzene ring substituents is 1. The zero-order valence-corrected chi connectivity index (χ0v) is 27.2. The van der Waals surface area contributed by atoms with E-state index in [4.69, 9.17) is 14.2 Å². The maximum absolute atomic E-state index is 15.0. The molecule has 0 bridgehead atoms. The molecule has 1 aliphatic rings. The standard InChI is InChI=1S/C36H38F3N3O7/c1-3-48-34(43)16-12-25-11-15-32(33(20-25)47-2)49-28-10-7-18-40(19-17-28)24-35(44,36(37,38)39)30-23-41(22-26-8-5-4-6-9-26)31-21-27(42(45)46)13-14-29(30)31/h4-6,8-9,11-16,20-21,23,28,44H,3,7,10,17-19,22,24H2,1-2H3/b16-12+. The molecule has 0 saturated carbocycles. The quantitative estimate of drug-likeness (QED) is 0.0746. The summed E-state index contributed by atoms with van der Waals surface area (Å²) < 4.78 is 63.1. The fraction of sp³-hybridized carbons (Fsp3) is 0.361. The highest BCUT2D eigenvalue weighted by Gasteiger charge is 2.57. The number of halogens is 3. The number of nitrogens with zero attached hydrogens (tertiary/aromatic N) is 3. The molecule has 10 nitrogen and oxygen atoms in total. The number of hydrogen-bond acceptors (Lipinski definition) is 8. The number of β-amino-alcohol motifs (C(OH)–C–C–N with tert-alkyl or cyclic N) is 1. The summed E-state index contributed by atoms with van der Waals surface area (Å²) in [6.07, 6.45) is 0.256. The number of hydrogen-bond donors (Lipinski definition) is 1. The number of benzene rings is 3. The molecule has 4 aromatic rings. The van der Waals surface area contributed by atoms with Crippen molar-refractivity contribution in [3.8, 4) is 11.5 Å². The van der Waals surface area contributed by atoms with E-state index in [0.29, 0.717) is 42.9 Å². The molecule has 2 atom stereocenters. The fourth-order valence-corrected chi connectivity index (χ4v) is 6.11. The Morgan fingerprint density at radius 2 is 1.84 bits per heavy atom. The number of aliphatic hydroxyl groups is 1. The van der Waals surface area contributed by atoms with Crippen molar-refractivity contribution in [3.05, 3.63) is 106 Å². The van der Waals surface area contributed by atoms with Gasteiger partial charge in [0.05, 0.1) is 24.2 Å². The first-order valence-electron chi connectivity index (χ1n) is 15.9. The number of esters is 1. The Labute approximate surface area is 281 Å². The average Bonchev–Trinajstić information content (AvgIpc) is 3.29. The second kappa shape index (κ2) is 15.1. The minimum Gasteiger partial charge on any atom is -0.493 e. The van der Waals surface area contributed by atoms with E-state index >= 15 is 0 Å². The van der Waals surface area contributed by atoms with Crippen LogP contribution < -0.4 is 9.47 Å². The highest BCUT2D eigenvalue weighted by molar-refractivity contribution is 5.88. The Morgan fingerprint density at radius 3 is 2.53 bits per heavy atom. The van der Waals surface area contributed by atoms with Crippen LogP contribution in [-0.4, -0.2) is 71.1 Å². The van der Waals surface area contributed by atoms with Crippen molar-refractivity contribution in [1.82, 2.24) is 9.47 Å². The second-order valence-corrected chi connectivity index (χ2v) is 11.9. The van der Waals surface area contributed by atoms with Crippen molar-refractivity contribution in [2.75, 3.05) is 33.4 Å². The Morgan fingerprint density at radius 1 is 1.06 bits per heavy atom. The number of nitro benzene ring substituents is 1. The summed E-state index contributed by atoms with van der Waals surface area (Å²) in [4.78, 5) is 24.2. The van der Waals surface area contributed by atoms with Crippen LogP contribution in [0.1, 0.15) is 42.9 Å². The maximum Gasteiger partial charge on any atom is 0.422 e. The smallest absolute Gasteiger partial charge is 0.422 e. The summed E-state index contributed by atoms with van der Waals surface area (Å²) in [6.45, 7) is 1.92. The molecular formula is C36H38F3N3O7. The van der Waals surface area contributed by atoms with Gasteiger partial charge in [-0.3, -0.25) is 15.0 Å². The van der Waals surface area contributed by atoms with E-state index in [1.54, 1.807) is 48.2 Å². The van der Waals surface area contributed by atoms with Gasteiger partial charge in [-0.15, -0.1) is 0 Å². The van der Waals surface area contributed by atoms with E-state index in [1.165, 1.54) is 36.1 Å². The third-order valence-electron chi connectivity index (χ3n) is 8.59. The van der Waals surface area contributed by atoms with Crippen LogP contribution >= 0.6 is 0 Å². The largest absolute Gasteiger partial charge is 0.493 e. The average molecular weight is 682 g/mol. The number of alkyl halides is 3. The SMILES string of the molecule is CCOC(=O)/C=C/c1ccc(OC2CCCN(CC(O)(c3cn(Cc4ccccc4)c4cc([N+](=O)[O-])ccc34)C(F)(F)F)CC2)c(OC)c1. The number of methoxy groups -OCH3 is 1. The molecule has 1 fully saturated rings. The van der Waals surface area contributed by atoms with Crippen molar-refractivity contribution in [2.45, 2.75) is 50.6 Å². The van der Waals surface area contributed by atoms with E-state index in [-0.39, 0.29) is 48.0 Å². The van der Waals surface area contributed by atoms with Crippen molar-refractivity contribution < 1.29 is 42.2 Å². The Kier molecular flexibility index (Phi) is 10.9. The van der Waals surface area contributed by atoms with Gasteiger partial charge in [0.25, 0.3) is 5.69 Å². The number of likely N-dealkylation sites (tertiary alicyclic amines) is 1. The van der Waals surface area contributed by atoms with Gasteiger partial charge in [0.1, 0.15) is 6.10 Å². The third kappa shape index (κ3) is 8.23. The molecule has 0 radical (unpaired) electrons. The predicted octanol–water partition coefficient (Wildman–Crippen LogP) is 6.87. The lowest BCUT2D eigenvalue weighted by Crippen LogP contribution is -2.51. The van der Waals surface area contributed by atoms with Crippen LogP contribution in [0.25, 0.3) is 17.0 Å². The fourth-order valence-electron chi connectivity index (χ4n) is 6.11. The van der Waals surface area contributed by atoms with Crippen molar-refractivity contribution in [1.29, 1.82) is 0 Å². The molecule has 0 spiro atoms. The lowest BCUT2D eigenvalue weighted by Gasteiger charge is -2.35. The van der Waals surface area contributed by atoms with Gasteiger partial charge in [-0.1, -0.05) is 36.4 Å². The first-order chi connectivity index (χ1) is 23.4. The van der Waals surface area contributed by atoms with Crippen LogP contribution in [0.4, 0.5) is 18.9 Å². The molecule has 13 heteroatoms. The van der Waals surface area contributed by atoms with Gasteiger partial charge in [-0.25, -0.2) is 4.79 Å². The van der Waals surface area contributed by atoms with Gasteiger partial charge < -0.3 is 23.9 Å². The summed E-state index contributed by atoms with van der Waals surface area (Å²) in [7, 11) is 1.49. The second-order valence-electron chi connectivity index (χ2n) is 11.9. The van der Waals surface area contributed by atoms with Crippen molar-refractivity contribution in [3.63, 3.8) is 0 Å². The highest BCUT2D eigenvalue weighted by atomic mass is 19.4. The number of carbonyl (C=O) groups excluding carboxylic acids is 1. The van der Waals surface area contributed by atoms with Gasteiger partial charge in [0.2, 0.25) is 5.60 Å². The van der Waals surface area contributed by atoms with E-state index in [2.05, 4.69) is 0 Å². The topological polar surface area (TPSA) is 116 Å². The van der Waals surface area contributed by atoms with E-state index in [0.717, 1.165) is 11.6 Å². The zero-order chi connectivity index (χ0) is 35.2. The monoisotopic (exact) mass is 681 g/mol. The Balaban J connectivity index is 1.36. The minimum atomic E-state index is -5.06. The number of carbonyl (C=O) groups is 1. The summed E-state index contributed by atoms with van der Waals surface area (Å²) in [5.74, 6) is 0.427. The van der Waals surface area contributed by atoms with Gasteiger partial charge in [0, 0.05) is 55.0 Å². The van der Waals surface area contributed by atoms with Gasteiger partial charge in [0.15, 0.2) is 11.5 Å². The van der Waals surface area contributed by atoms with Crippen LogP contribution in [0.5, 0.6) is 11.5 Å². The molecule has 1 aromatic heterocycles. The number of ether oxygens (including phenoxy) is 3. The van der Waals surface area contributed by atoms with E-state index < -0.39 is 29.2 Å². The van der Waals surface area contributed by atoms with Crippen LogP contribution in [-0.2, 0) is 21.7 Å². The normalized spacial score (nSPS) is 17.1. The molecule has 1 N–H and O–H groups in total. The molecule has 2 heterocycles. The van der Waals surface area contributed by atoms with Crippen LogP contribution in [0, 0.1) is 10.1 Å². The first kappa shape index (κ1) is 35.4. The van der Waals surface area contributed by atoms with Crippen molar-refractivity contribution in [2.24, 2.45) is 0 Å². The van der Waals surface area contributed by atoms with Gasteiger partial charge in [-0.2, -0.15) is 13.2 Å². The van der Waals surface area contributed by atoms with Crippen LogP contribution in [0.2, 0.25) is 0 Å². The molecule has 3 aromatic carbocycles. The Bertz CT molecular complexity index is 1810. The van der Waals surface area contributed by atoms with Crippen LogP contribution in [0.15, 0.2) is 79.0 Å². The summed E-state index contributed by atoms with van der Waals surface area (Å²) in [5.41, 5.74) is -2.20. The molecule has 0 aliphatic carbocycles. The molecular weight excluding hydrogens is 643 g/mol. The predicted molar refractivity (Wildman–Crippen MR) is 177 cm³/mol. The summed E-state index contributed by atoms with van der Waals surface area (Å²) >= 11 is 0. The zero-order valence-electron chi connectivity index (χ0n) is 27.2. The molecule has 260 valence electrons. The van der Waals surface area contributed by atoms with Gasteiger partial charge in [-0.05, 0) is 68.1 Å². The van der Waals surface area contributed by atoms with Gasteiger partial charge >= 0.3 is 12.1 Å². The number of rotatable bonds is 12. The number of nitro groups is 1. The highest BCUT2D eigenvalue weighted by Crippen LogP contribution is 2.44. The summed E-state index contributed by atoms with van der Waals surface area (Å²) in [5, 5.41) is 23.3. The number of fused-ring (bicyclic) bond motifs is 1.